The van der Waals surface area contributed by atoms with Gasteiger partial charge in [-0.05, 0) is 43.5 Å². The molecule has 1 aromatic carbocycles. The fraction of sp³-hybridized carbons (Fsp3) is 0.579. The van der Waals surface area contributed by atoms with E-state index in [-0.39, 0.29) is 18.1 Å². The molecule has 2 heterocycles. The molecule has 27 heavy (non-hydrogen) atoms. The van der Waals surface area contributed by atoms with Gasteiger partial charge in [0.05, 0.1) is 12.7 Å². The van der Waals surface area contributed by atoms with Crippen LogP contribution in [0.5, 0.6) is 0 Å². The molecule has 4 unspecified atom stereocenters. The van der Waals surface area contributed by atoms with Gasteiger partial charge in [0.25, 0.3) is 0 Å². The zero-order chi connectivity index (χ0) is 19.2. The van der Waals surface area contributed by atoms with Crippen molar-refractivity contribution in [3.63, 3.8) is 0 Å². The summed E-state index contributed by atoms with van der Waals surface area (Å²) < 4.78 is 10.8. The lowest BCUT2D eigenvalue weighted by Gasteiger charge is -2.42. The van der Waals surface area contributed by atoms with Crippen LogP contribution in [0.4, 0.5) is 0 Å². The number of piperidine rings is 1. The van der Waals surface area contributed by atoms with Crippen LogP contribution in [0, 0.1) is 5.92 Å². The third-order valence-corrected chi connectivity index (χ3v) is 5.49. The lowest BCUT2D eigenvalue weighted by Crippen LogP contribution is -2.55. The molecular formula is C19H24N4O4. The number of nitrogens with zero attached hydrogens (tertiary/aromatic N) is 4. The Morgan fingerprint density at radius 2 is 2.07 bits per heavy atom. The Bertz CT molecular complexity index is 720. The molecular weight excluding hydrogens is 348 g/mol. The number of rotatable bonds is 7. The molecule has 3 rings (SSSR count). The van der Waals surface area contributed by atoms with Crippen LogP contribution >= 0.6 is 0 Å². The van der Waals surface area contributed by atoms with Crippen LogP contribution in [-0.2, 0) is 14.3 Å². The Balaban J connectivity index is 1.73. The van der Waals surface area contributed by atoms with Crippen LogP contribution in [0.15, 0.2) is 35.4 Å². The summed E-state index contributed by atoms with van der Waals surface area (Å²) in [5, 5.41) is 3.58. The SMILES string of the molecule is COC(=O)C1C(OC(=O)c2ccccc2)CC2CCC1N2CCCN=[N+]=[N-]. The zero-order valence-electron chi connectivity index (χ0n) is 15.4. The summed E-state index contributed by atoms with van der Waals surface area (Å²) in [5.74, 6) is -1.25. The van der Waals surface area contributed by atoms with Gasteiger partial charge in [-0.15, -0.1) is 0 Å². The highest BCUT2D eigenvalue weighted by molar-refractivity contribution is 5.89. The van der Waals surface area contributed by atoms with E-state index in [1.54, 1.807) is 24.3 Å². The fourth-order valence-electron chi connectivity index (χ4n) is 4.33. The zero-order valence-corrected chi connectivity index (χ0v) is 15.4. The molecule has 144 valence electrons. The molecule has 0 aromatic heterocycles. The van der Waals surface area contributed by atoms with Crippen LogP contribution in [-0.4, -0.2) is 55.2 Å². The van der Waals surface area contributed by atoms with Crippen LogP contribution in [0.25, 0.3) is 10.4 Å². The molecule has 2 aliphatic heterocycles. The number of fused-ring (bicyclic) bond motifs is 2. The lowest BCUT2D eigenvalue weighted by molar-refractivity contribution is -0.156. The molecule has 0 spiro atoms. The molecule has 1 aromatic rings. The van der Waals surface area contributed by atoms with Crippen LogP contribution < -0.4 is 0 Å². The first kappa shape index (κ1) is 19.2. The molecule has 8 heteroatoms. The predicted octanol–water partition coefficient (Wildman–Crippen LogP) is 2.94. The molecule has 0 aliphatic carbocycles. The second-order valence-electron chi connectivity index (χ2n) is 6.94. The van der Waals surface area contributed by atoms with Crippen LogP contribution in [0.1, 0.15) is 36.0 Å². The largest absolute Gasteiger partial charge is 0.469 e. The van der Waals surface area contributed by atoms with E-state index in [4.69, 9.17) is 15.0 Å². The fourth-order valence-corrected chi connectivity index (χ4v) is 4.33. The molecule has 2 aliphatic rings. The molecule has 0 radical (unpaired) electrons. The lowest BCUT2D eigenvalue weighted by atomic mass is 9.87. The number of benzene rings is 1. The molecule has 0 saturated carbocycles. The second kappa shape index (κ2) is 8.88. The number of hydrogen-bond donors (Lipinski definition) is 0. The van der Waals surface area contributed by atoms with Crippen molar-refractivity contribution in [2.45, 2.75) is 43.9 Å². The van der Waals surface area contributed by atoms with E-state index in [1.165, 1.54) is 7.11 Å². The highest BCUT2D eigenvalue weighted by Gasteiger charge is 2.52. The van der Waals surface area contributed by atoms with E-state index in [1.807, 2.05) is 6.07 Å². The summed E-state index contributed by atoms with van der Waals surface area (Å²) in [6.45, 7) is 1.18. The van der Waals surface area contributed by atoms with Crippen molar-refractivity contribution < 1.29 is 19.1 Å². The average Bonchev–Trinajstić information content (AvgIpc) is 2.97. The minimum absolute atomic E-state index is 0.0177. The van der Waals surface area contributed by atoms with Gasteiger partial charge in [-0.2, -0.15) is 0 Å². The number of ether oxygens (including phenoxy) is 2. The topological polar surface area (TPSA) is 105 Å². The van der Waals surface area contributed by atoms with Gasteiger partial charge in [-0.3, -0.25) is 9.69 Å². The summed E-state index contributed by atoms with van der Waals surface area (Å²) >= 11 is 0. The normalized spacial score (nSPS) is 26.9. The third kappa shape index (κ3) is 4.23. The first-order valence-corrected chi connectivity index (χ1v) is 9.26. The van der Waals surface area contributed by atoms with Crippen molar-refractivity contribution in [2.75, 3.05) is 20.2 Å². The predicted molar refractivity (Wildman–Crippen MR) is 97.9 cm³/mol. The third-order valence-electron chi connectivity index (χ3n) is 5.49. The molecule has 2 bridgehead atoms. The van der Waals surface area contributed by atoms with Gasteiger partial charge in [0.15, 0.2) is 0 Å². The van der Waals surface area contributed by atoms with Crippen molar-refractivity contribution in [2.24, 2.45) is 11.0 Å². The first-order chi connectivity index (χ1) is 13.2. The summed E-state index contributed by atoms with van der Waals surface area (Å²) in [7, 11) is 1.37. The summed E-state index contributed by atoms with van der Waals surface area (Å²) in [6.07, 6.45) is 2.68. The number of esters is 2. The second-order valence-corrected chi connectivity index (χ2v) is 6.94. The Hall–Kier alpha value is -2.57. The molecule has 2 fully saturated rings. The molecule has 0 N–H and O–H groups in total. The maximum Gasteiger partial charge on any atom is 0.338 e. The van der Waals surface area contributed by atoms with Gasteiger partial charge < -0.3 is 9.47 Å². The number of carbonyl (C=O) groups excluding carboxylic acids is 2. The molecule has 2 saturated heterocycles. The summed E-state index contributed by atoms with van der Waals surface area (Å²) in [5.41, 5.74) is 8.89. The van der Waals surface area contributed by atoms with E-state index < -0.39 is 18.0 Å². The highest BCUT2D eigenvalue weighted by atomic mass is 16.6. The van der Waals surface area contributed by atoms with E-state index in [0.717, 1.165) is 25.8 Å². The average molecular weight is 372 g/mol. The monoisotopic (exact) mass is 372 g/mol. The smallest absolute Gasteiger partial charge is 0.338 e. The van der Waals surface area contributed by atoms with Gasteiger partial charge in [0, 0.05) is 30.0 Å². The highest BCUT2D eigenvalue weighted by Crippen LogP contribution is 2.41. The standard InChI is InChI=1S/C19H24N4O4/c1-26-19(25)17-15-9-8-14(23(15)11-5-10-21-22-20)12-16(17)27-18(24)13-6-3-2-4-7-13/h2-4,6-7,14-17H,5,8-12H2,1H3. The van der Waals surface area contributed by atoms with Crippen molar-refractivity contribution in [1.29, 1.82) is 0 Å². The van der Waals surface area contributed by atoms with Crippen molar-refractivity contribution in [3.8, 4) is 0 Å². The van der Waals surface area contributed by atoms with Gasteiger partial charge >= 0.3 is 11.9 Å². The summed E-state index contributed by atoms with van der Waals surface area (Å²) in [4.78, 5) is 30.1. The van der Waals surface area contributed by atoms with E-state index >= 15 is 0 Å². The van der Waals surface area contributed by atoms with E-state index in [2.05, 4.69) is 14.9 Å². The van der Waals surface area contributed by atoms with Gasteiger partial charge in [0.1, 0.15) is 12.0 Å². The van der Waals surface area contributed by atoms with Crippen LogP contribution in [0.3, 0.4) is 0 Å². The van der Waals surface area contributed by atoms with Crippen LogP contribution in [0.2, 0.25) is 0 Å². The maximum atomic E-state index is 12.5. The minimum Gasteiger partial charge on any atom is -0.469 e. The minimum atomic E-state index is -0.499. The number of hydrogen-bond acceptors (Lipinski definition) is 6. The van der Waals surface area contributed by atoms with Crippen molar-refractivity contribution in [3.05, 3.63) is 46.3 Å². The van der Waals surface area contributed by atoms with Crippen molar-refractivity contribution >= 4 is 11.9 Å². The maximum absolute atomic E-state index is 12.5. The van der Waals surface area contributed by atoms with Gasteiger partial charge in [0.2, 0.25) is 0 Å². The molecule has 4 atom stereocenters. The Kier molecular flexibility index (Phi) is 6.32. The number of methoxy groups -OCH3 is 1. The molecule has 8 nitrogen and oxygen atoms in total. The van der Waals surface area contributed by atoms with Gasteiger partial charge in [-0.1, -0.05) is 23.3 Å². The summed E-state index contributed by atoms with van der Waals surface area (Å²) in [6, 6.07) is 9.05. The van der Waals surface area contributed by atoms with Crippen molar-refractivity contribution in [1.82, 2.24) is 4.90 Å². The number of carbonyl (C=O) groups is 2. The Morgan fingerprint density at radius 3 is 2.78 bits per heavy atom. The first-order valence-electron chi connectivity index (χ1n) is 9.26. The molecule has 0 amide bonds. The van der Waals surface area contributed by atoms with Gasteiger partial charge in [-0.25, -0.2) is 4.79 Å². The Morgan fingerprint density at radius 1 is 1.30 bits per heavy atom. The quantitative estimate of drug-likeness (QED) is 0.241. The van der Waals surface area contributed by atoms with E-state index in [9.17, 15) is 9.59 Å². The Labute approximate surface area is 158 Å². The van der Waals surface area contributed by atoms with E-state index in [0.29, 0.717) is 18.5 Å². The number of azide groups is 1.